The van der Waals surface area contributed by atoms with Crippen LogP contribution in [0.15, 0.2) is 188 Å². The Morgan fingerprint density at radius 3 is 1.54 bits per heavy atom. The number of anilines is 9. The number of hydrogen-bond donors (Lipinski definition) is 0. The molecule has 3 nitrogen and oxygen atoms in total. The van der Waals surface area contributed by atoms with Crippen LogP contribution in [0.4, 0.5) is 51.2 Å². The van der Waals surface area contributed by atoms with Gasteiger partial charge >= 0.3 is 0 Å². The number of thiophene rings is 1. The highest BCUT2D eigenvalue weighted by molar-refractivity contribution is 7.27. The van der Waals surface area contributed by atoms with Crippen molar-refractivity contribution >= 4 is 93.5 Å². The second-order valence-electron chi connectivity index (χ2n) is 12.6. The van der Waals surface area contributed by atoms with Crippen LogP contribution < -0.4 is 14.7 Å². The fraction of sp³-hybridized carbons (Fsp3) is 0. The van der Waals surface area contributed by atoms with E-state index in [4.69, 9.17) is 0 Å². The summed E-state index contributed by atoms with van der Waals surface area (Å²) in [7, 11) is 0. The zero-order valence-electron chi connectivity index (χ0n) is 27.1. The molecule has 236 valence electrons. The number of rotatable bonds is 5. The molecule has 9 aromatic rings. The first-order chi connectivity index (χ1) is 24.8. The number of fused-ring (bicyclic) bond motifs is 4. The molecule has 8 aromatic carbocycles. The van der Waals surface area contributed by atoms with Crippen molar-refractivity contribution in [1.82, 2.24) is 0 Å². The van der Waals surface area contributed by atoms with E-state index in [0.717, 1.165) is 39.8 Å². The monoisotopic (exact) mass is 657 g/mol. The lowest BCUT2D eigenvalue weighted by molar-refractivity contribution is 1.23. The van der Waals surface area contributed by atoms with Crippen molar-refractivity contribution in [2.45, 2.75) is 0 Å². The Morgan fingerprint density at radius 2 is 0.920 bits per heavy atom. The molecule has 0 saturated carbocycles. The molecule has 1 aliphatic heterocycles. The van der Waals surface area contributed by atoms with Gasteiger partial charge < -0.3 is 14.7 Å². The van der Waals surface area contributed by atoms with E-state index in [2.05, 4.69) is 203 Å². The molecule has 4 heteroatoms. The molecule has 2 bridgehead atoms. The zero-order valence-corrected chi connectivity index (χ0v) is 28.0. The summed E-state index contributed by atoms with van der Waals surface area (Å²) in [6.45, 7) is 0. The van der Waals surface area contributed by atoms with Crippen LogP contribution in [0.2, 0.25) is 0 Å². The fourth-order valence-electron chi connectivity index (χ4n) is 7.55. The van der Waals surface area contributed by atoms with Crippen LogP contribution in [-0.4, -0.2) is 0 Å². The SMILES string of the molecule is c1ccc(N(c2ccccc2)c2cc3cc(c2)N(c2ccccc2)c2cc4ccccc4c4sc5cccc(c5c24)N3c2ccccc2)cc1. The number of nitrogens with zero attached hydrogens (tertiary/aromatic N) is 3. The summed E-state index contributed by atoms with van der Waals surface area (Å²) in [4.78, 5) is 7.28. The van der Waals surface area contributed by atoms with Gasteiger partial charge in [0.1, 0.15) is 0 Å². The van der Waals surface area contributed by atoms with Crippen molar-refractivity contribution in [2.75, 3.05) is 14.7 Å². The van der Waals surface area contributed by atoms with E-state index in [1.807, 2.05) is 11.3 Å². The molecule has 2 heterocycles. The molecule has 0 atom stereocenters. The van der Waals surface area contributed by atoms with Crippen molar-refractivity contribution in [3.8, 4) is 0 Å². The molecule has 1 aliphatic rings. The van der Waals surface area contributed by atoms with E-state index in [1.165, 1.54) is 42.3 Å². The second-order valence-corrected chi connectivity index (χ2v) is 13.7. The molecular weight excluding hydrogens is 627 g/mol. The number of hydrogen-bond acceptors (Lipinski definition) is 4. The van der Waals surface area contributed by atoms with Crippen LogP contribution in [0.5, 0.6) is 0 Å². The molecule has 0 fully saturated rings. The Hall–Kier alpha value is -6.36. The third-order valence-electron chi connectivity index (χ3n) is 9.65. The summed E-state index contributed by atoms with van der Waals surface area (Å²) < 4.78 is 2.58. The van der Waals surface area contributed by atoms with Crippen LogP contribution in [0, 0.1) is 0 Å². The summed E-state index contributed by atoms with van der Waals surface area (Å²) >= 11 is 1.89. The topological polar surface area (TPSA) is 9.72 Å². The van der Waals surface area contributed by atoms with Gasteiger partial charge in [0.25, 0.3) is 0 Å². The molecule has 50 heavy (non-hydrogen) atoms. The van der Waals surface area contributed by atoms with Gasteiger partial charge in [0.15, 0.2) is 0 Å². The van der Waals surface area contributed by atoms with E-state index in [9.17, 15) is 0 Å². The maximum Gasteiger partial charge on any atom is 0.0562 e. The summed E-state index contributed by atoms with van der Waals surface area (Å²) in [6.07, 6.45) is 0. The van der Waals surface area contributed by atoms with Gasteiger partial charge in [0, 0.05) is 42.9 Å². The summed E-state index contributed by atoms with van der Waals surface area (Å²) in [6, 6.07) is 68.0. The molecule has 0 N–H and O–H groups in total. The van der Waals surface area contributed by atoms with Crippen LogP contribution in [0.25, 0.3) is 30.9 Å². The van der Waals surface area contributed by atoms with Gasteiger partial charge in [-0.1, -0.05) is 103 Å². The van der Waals surface area contributed by atoms with E-state index >= 15 is 0 Å². The fourth-order valence-corrected chi connectivity index (χ4v) is 8.83. The third kappa shape index (κ3) is 4.57. The molecule has 0 radical (unpaired) electrons. The smallest absolute Gasteiger partial charge is 0.0562 e. The highest BCUT2D eigenvalue weighted by atomic mass is 32.1. The molecule has 10 rings (SSSR count). The predicted molar refractivity (Wildman–Crippen MR) is 214 cm³/mol. The Morgan fingerprint density at radius 1 is 0.380 bits per heavy atom. The first kappa shape index (κ1) is 28.6. The first-order valence-electron chi connectivity index (χ1n) is 16.9. The minimum atomic E-state index is 1.07. The quantitative estimate of drug-likeness (QED) is 0.182. The van der Waals surface area contributed by atoms with Crippen molar-refractivity contribution in [1.29, 1.82) is 0 Å². The minimum absolute atomic E-state index is 1.07. The molecule has 0 saturated heterocycles. The standard InChI is InChI=1S/C46H31N3S/c1-5-17-33(18-6-1)47(34-19-7-2-8-20-34)37-29-38-31-39(30-37)49(36-23-11-4-12-24-36)42-28-32-16-13-14-25-40(32)46-45(42)44-41(26-15-27-43(44)50-46)48(38)35-21-9-3-10-22-35/h1-31H. The maximum atomic E-state index is 2.47. The van der Waals surface area contributed by atoms with E-state index < -0.39 is 0 Å². The van der Waals surface area contributed by atoms with Crippen LogP contribution in [0.1, 0.15) is 0 Å². The summed E-state index contributed by atoms with van der Waals surface area (Å²) in [5, 5.41) is 5.06. The predicted octanol–water partition coefficient (Wildman–Crippen LogP) is 13.9. The minimum Gasteiger partial charge on any atom is -0.310 e. The number of benzene rings is 8. The van der Waals surface area contributed by atoms with E-state index in [-0.39, 0.29) is 0 Å². The van der Waals surface area contributed by atoms with Crippen molar-refractivity contribution < 1.29 is 0 Å². The van der Waals surface area contributed by atoms with Gasteiger partial charge in [-0.05, 0) is 95.7 Å². The molecule has 0 unspecified atom stereocenters. The molecule has 1 aromatic heterocycles. The Labute approximate surface area is 295 Å². The molecule has 0 aliphatic carbocycles. The van der Waals surface area contributed by atoms with Gasteiger partial charge in [-0.15, -0.1) is 11.3 Å². The lowest BCUT2D eigenvalue weighted by Crippen LogP contribution is -2.15. The largest absolute Gasteiger partial charge is 0.310 e. The van der Waals surface area contributed by atoms with E-state index in [0.29, 0.717) is 0 Å². The molecular formula is C46H31N3S. The van der Waals surface area contributed by atoms with Crippen LogP contribution >= 0.6 is 11.3 Å². The van der Waals surface area contributed by atoms with Gasteiger partial charge in [-0.2, -0.15) is 0 Å². The average Bonchev–Trinajstić information content (AvgIpc) is 3.59. The molecule has 0 spiro atoms. The van der Waals surface area contributed by atoms with Crippen molar-refractivity contribution in [3.63, 3.8) is 0 Å². The lowest BCUT2D eigenvalue weighted by atomic mass is 10.0. The van der Waals surface area contributed by atoms with Crippen molar-refractivity contribution in [3.05, 3.63) is 188 Å². The highest BCUT2D eigenvalue weighted by Crippen LogP contribution is 2.54. The Balaban J connectivity index is 1.39. The van der Waals surface area contributed by atoms with Gasteiger partial charge in [-0.3, -0.25) is 0 Å². The number of para-hydroxylation sites is 4. The normalized spacial score (nSPS) is 12.3. The third-order valence-corrected chi connectivity index (χ3v) is 10.8. The van der Waals surface area contributed by atoms with Gasteiger partial charge in [0.05, 0.1) is 28.4 Å². The maximum absolute atomic E-state index is 2.47. The average molecular weight is 658 g/mol. The zero-order chi connectivity index (χ0) is 33.0. The van der Waals surface area contributed by atoms with Crippen molar-refractivity contribution in [2.24, 2.45) is 0 Å². The van der Waals surface area contributed by atoms with Crippen LogP contribution in [-0.2, 0) is 0 Å². The first-order valence-corrected chi connectivity index (χ1v) is 17.8. The summed E-state index contributed by atoms with van der Waals surface area (Å²) in [5.41, 5.74) is 10.0. The second kappa shape index (κ2) is 11.7. The lowest BCUT2D eigenvalue weighted by Gasteiger charge is -2.32. The Kier molecular flexibility index (Phi) is 6.68. The van der Waals surface area contributed by atoms with Gasteiger partial charge in [-0.25, -0.2) is 0 Å². The highest BCUT2D eigenvalue weighted by Gasteiger charge is 2.28. The molecule has 0 amide bonds. The van der Waals surface area contributed by atoms with Crippen LogP contribution in [0.3, 0.4) is 0 Å². The van der Waals surface area contributed by atoms with Gasteiger partial charge in [0.2, 0.25) is 0 Å². The summed E-state index contributed by atoms with van der Waals surface area (Å²) in [5.74, 6) is 0. The van der Waals surface area contributed by atoms with E-state index in [1.54, 1.807) is 0 Å². The Bertz CT molecular complexity index is 2610.